The van der Waals surface area contributed by atoms with Gasteiger partial charge in [0.1, 0.15) is 5.75 Å². The summed E-state index contributed by atoms with van der Waals surface area (Å²) < 4.78 is 5.42. The lowest BCUT2D eigenvalue weighted by atomic mass is 9.91. The molecule has 2 nitrogen and oxygen atoms in total. The molecule has 0 saturated heterocycles. The van der Waals surface area contributed by atoms with Crippen LogP contribution in [-0.4, -0.2) is 25.1 Å². The Kier molecular flexibility index (Phi) is 3.96. The van der Waals surface area contributed by atoms with Gasteiger partial charge in [-0.15, -0.1) is 0 Å². The van der Waals surface area contributed by atoms with E-state index in [2.05, 4.69) is 37.9 Å². The van der Waals surface area contributed by atoms with Crippen LogP contribution in [-0.2, 0) is 6.54 Å². The molecule has 100 valence electrons. The number of nitrogens with zero attached hydrogens (tertiary/aromatic N) is 1. The Bertz CT molecular complexity index is 400. The molecule has 0 aromatic heterocycles. The van der Waals surface area contributed by atoms with Gasteiger partial charge in [0.25, 0.3) is 0 Å². The van der Waals surface area contributed by atoms with Crippen LogP contribution in [0, 0.1) is 5.41 Å². The van der Waals surface area contributed by atoms with Gasteiger partial charge in [0.15, 0.2) is 0 Å². The second kappa shape index (κ2) is 5.31. The largest absolute Gasteiger partial charge is 0.496 e. The van der Waals surface area contributed by atoms with Gasteiger partial charge in [0, 0.05) is 18.2 Å². The Balaban J connectivity index is 2.01. The van der Waals surface area contributed by atoms with E-state index in [0.29, 0.717) is 11.5 Å². The fourth-order valence-corrected chi connectivity index (χ4v) is 3.01. The SMILES string of the molecule is COc1ccccc1CN(C)C1CCC(C)(C)C1. The number of para-hydroxylation sites is 1. The average Bonchev–Trinajstić information content (AvgIpc) is 2.70. The van der Waals surface area contributed by atoms with Crippen molar-refractivity contribution in [3.8, 4) is 5.75 Å². The molecule has 0 bridgehead atoms. The molecule has 0 amide bonds. The topological polar surface area (TPSA) is 12.5 Å². The highest BCUT2D eigenvalue weighted by atomic mass is 16.5. The van der Waals surface area contributed by atoms with Crippen molar-refractivity contribution in [2.45, 2.75) is 45.7 Å². The van der Waals surface area contributed by atoms with E-state index >= 15 is 0 Å². The lowest BCUT2D eigenvalue weighted by molar-refractivity contribution is 0.217. The van der Waals surface area contributed by atoms with E-state index in [0.717, 1.165) is 12.3 Å². The van der Waals surface area contributed by atoms with Crippen molar-refractivity contribution < 1.29 is 4.74 Å². The highest BCUT2D eigenvalue weighted by Crippen LogP contribution is 2.39. The summed E-state index contributed by atoms with van der Waals surface area (Å²) in [6.45, 7) is 5.73. The zero-order valence-corrected chi connectivity index (χ0v) is 12.1. The maximum atomic E-state index is 5.42. The monoisotopic (exact) mass is 247 g/mol. The average molecular weight is 247 g/mol. The first-order valence-electron chi connectivity index (χ1n) is 6.84. The first-order chi connectivity index (χ1) is 8.52. The number of hydrogen-bond acceptors (Lipinski definition) is 2. The molecule has 0 heterocycles. The molecule has 0 radical (unpaired) electrons. The molecular weight excluding hydrogens is 222 g/mol. The van der Waals surface area contributed by atoms with Crippen LogP contribution in [0.5, 0.6) is 5.75 Å². The maximum absolute atomic E-state index is 5.42. The van der Waals surface area contributed by atoms with Gasteiger partial charge in [0.2, 0.25) is 0 Å². The lowest BCUT2D eigenvalue weighted by Gasteiger charge is -2.26. The number of hydrogen-bond donors (Lipinski definition) is 0. The Morgan fingerprint density at radius 3 is 2.67 bits per heavy atom. The van der Waals surface area contributed by atoms with Crippen LogP contribution in [0.15, 0.2) is 24.3 Å². The molecule has 0 aliphatic heterocycles. The molecule has 0 N–H and O–H groups in total. The van der Waals surface area contributed by atoms with Crippen LogP contribution in [0.25, 0.3) is 0 Å². The van der Waals surface area contributed by atoms with Crippen molar-refractivity contribution in [3.05, 3.63) is 29.8 Å². The standard InChI is InChI=1S/C16H25NO/c1-16(2)10-9-14(11-16)17(3)12-13-7-5-6-8-15(13)18-4/h5-8,14H,9-12H2,1-4H3. The smallest absolute Gasteiger partial charge is 0.123 e. The Labute approximate surface area is 111 Å². The molecule has 2 rings (SSSR count). The summed E-state index contributed by atoms with van der Waals surface area (Å²) in [6, 6.07) is 9.03. The van der Waals surface area contributed by atoms with Crippen LogP contribution < -0.4 is 4.74 Å². The fraction of sp³-hybridized carbons (Fsp3) is 0.625. The van der Waals surface area contributed by atoms with Gasteiger partial charge >= 0.3 is 0 Å². The van der Waals surface area contributed by atoms with Crippen LogP contribution in [0.1, 0.15) is 38.7 Å². The van der Waals surface area contributed by atoms with Crippen molar-refractivity contribution in [3.63, 3.8) is 0 Å². The van der Waals surface area contributed by atoms with E-state index < -0.39 is 0 Å². The quantitative estimate of drug-likeness (QED) is 0.804. The summed E-state index contributed by atoms with van der Waals surface area (Å²) in [4.78, 5) is 2.48. The molecule has 1 atom stereocenters. The third kappa shape index (κ3) is 3.05. The van der Waals surface area contributed by atoms with Crippen molar-refractivity contribution in [2.75, 3.05) is 14.2 Å². The zero-order valence-electron chi connectivity index (χ0n) is 12.1. The summed E-state index contributed by atoms with van der Waals surface area (Å²) in [5.74, 6) is 1.00. The molecule has 1 aromatic rings. The summed E-state index contributed by atoms with van der Waals surface area (Å²) in [6.07, 6.45) is 3.96. The molecular formula is C16H25NO. The third-order valence-electron chi connectivity index (χ3n) is 4.18. The van der Waals surface area contributed by atoms with Gasteiger partial charge in [-0.25, -0.2) is 0 Å². The predicted molar refractivity (Wildman–Crippen MR) is 75.9 cm³/mol. The summed E-state index contributed by atoms with van der Waals surface area (Å²) >= 11 is 0. The third-order valence-corrected chi connectivity index (χ3v) is 4.18. The summed E-state index contributed by atoms with van der Waals surface area (Å²) in [5.41, 5.74) is 1.80. The molecule has 1 unspecified atom stereocenters. The molecule has 2 heteroatoms. The van der Waals surface area contributed by atoms with Gasteiger partial charge in [-0.3, -0.25) is 4.90 Å². The van der Waals surface area contributed by atoms with E-state index in [1.807, 2.05) is 12.1 Å². The van der Waals surface area contributed by atoms with Gasteiger partial charge < -0.3 is 4.74 Å². The van der Waals surface area contributed by atoms with Gasteiger partial charge in [-0.05, 0) is 37.8 Å². The first-order valence-corrected chi connectivity index (χ1v) is 6.84. The fourth-order valence-electron chi connectivity index (χ4n) is 3.01. The zero-order chi connectivity index (χ0) is 13.2. The maximum Gasteiger partial charge on any atom is 0.123 e. The predicted octanol–water partition coefficient (Wildman–Crippen LogP) is 3.71. The van der Waals surface area contributed by atoms with Gasteiger partial charge in [0.05, 0.1) is 7.11 Å². The van der Waals surface area contributed by atoms with Crippen molar-refractivity contribution >= 4 is 0 Å². The minimum atomic E-state index is 0.514. The van der Waals surface area contributed by atoms with Crippen LogP contribution in [0.3, 0.4) is 0 Å². The number of benzene rings is 1. The van der Waals surface area contributed by atoms with E-state index in [1.54, 1.807) is 7.11 Å². The summed E-state index contributed by atoms with van der Waals surface area (Å²) in [7, 11) is 3.98. The van der Waals surface area contributed by atoms with E-state index in [-0.39, 0.29) is 0 Å². The van der Waals surface area contributed by atoms with Crippen molar-refractivity contribution in [2.24, 2.45) is 5.41 Å². The second-order valence-electron chi connectivity index (χ2n) is 6.29. The van der Waals surface area contributed by atoms with Crippen molar-refractivity contribution in [1.29, 1.82) is 0 Å². The van der Waals surface area contributed by atoms with Crippen LogP contribution in [0.4, 0.5) is 0 Å². The summed E-state index contributed by atoms with van der Waals surface area (Å²) in [5, 5.41) is 0. The van der Waals surface area contributed by atoms with Gasteiger partial charge in [-0.2, -0.15) is 0 Å². The second-order valence-corrected chi connectivity index (χ2v) is 6.29. The number of methoxy groups -OCH3 is 1. The Morgan fingerprint density at radius 1 is 1.33 bits per heavy atom. The molecule has 18 heavy (non-hydrogen) atoms. The number of rotatable bonds is 4. The van der Waals surface area contributed by atoms with Crippen molar-refractivity contribution in [1.82, 2.24) is 4.90 Å². The normalized spacial score (nSPS) is 22.4. The lowest BCUT2D eigenvalue weighted by Crippen LogP contribution is -2.29. The minimum absolute atomic E-state index is 0.514. The Hall–Kier alpha value is -1.02. The van der Waals surface area contributed by atoms with Gasteiger partial charge in [-0.1, -0.05) is 32.0 Å². The molecule has 1 aromatic carbocycles. The molecule has 1 aliphatic rings. The van der Waals surface area contributed by atoms with E-state index in [1.165, 1.54) is 24.8 Å². The molecule has 1 saturated carbocycles. The molecule has 0 spiro atoms. The van der Waals surface area contributed by atoms with Crippen LogP contribution in [0.2, 0.25) is 0 Å². The minimum Gasteiger partial charge on any atom is -0.496 e. The highest BCUT2D eigenvalue weighted by Gasteiger charge is 2.33. The Morgan fingerprint density at radius 2 is 2.06 bits per heavy atom. The van der Waals surface area contributed by atoms with E-state index in [9.17, 15) is 0 Å². The van der Waals surface area contributed by atoms with Crippen LogP contribution >= 0.6 is 0 Å². The first kappa shape index (κ1) is 13.4. The molecule has 1 fully saturated rings. The number of ether oxygens (including phenoxy) is 1. The van der Waals surface area contributed by atoms with E-state index in [4.69, 9.17) is 4.74 Å². The highest BCUT2D eigenvalue weighted by molar-refractivity contribution is 5.33. The molecule has 1 aliphatic carbocycles.